The van der Waals surface area contributed by atoms with E-state index in [-0.39, 0.29) is 18.4 Å². The molecule has 17 heavy (non-hydrogen) atoms. The van der Waals surface area contributed by atoms with Crippen LogP contribution in [0.25, 0.3) is 0 Å². The van der Waals surface area contributed by atoms with Crippen LogP contribution in [-0.2, 0) is 0 Å². The first-order valence-corrected chi connectivity index (χ1v) is 5.71. The van der Waals surface area contributed by atoms with Crippen LogP contribution < -0.4 is 15.2 Å². The smallest absolute Gasteiger partial charge is 0.133 e. The molecule has 0 unspecified atom stereocenters. The molecule has 0 fully saturated rings. The first kappa shape index (κ1) is 16.3. The minimum Gasteiger partial charge on any atom is -0.496 e. The molecule has 0 heterocycles. The lowest BCUT2D eigenvalue weighted by atomic mass is 10.0. The molecule has 1 aromatic rings. The van der Waals surface area contributed by atoms with Gasteiger partial charge in [0.05, 0.1) is 18.7 Å². The molecule has 0 spiro atoms. The second kappa shape index (κ2) is 7.58. The van der Waals surface area contributed by atoms with E-state index in [0.717, 1.165) is 21.5 Å². The number of methoxy groups -OCH3 is 2. The monoisotopic (exact) mass is 321 g/mol. The van der Waals surface area contributed by atoms with E-state index in [1.54, 1.807) is 20.3 Å². The molecule has 96 valence electrons. The molecule has 0 aliphatic heterocycles. The summed E-state index contributed by atoms with van der Waals surface area (Å²) < 4.78 is 11.4. The highest BCUT2D eigenvalue weighted by molar-refractivity contribution is 9.10. The van der Waals surface area contributed by atoms with Crippen molar-refractivity contribution >= 4 is 28.3 Å². The molecule has 0 aliphatic carbocycles. The highest BCUT2D eigenvalue weighted by Crippen LogP contribution is 2.35. The molecule has 1 aromatic carbocycles. The van der Waals surface area contributed by atoms with Gasteiger partial charge in [-0.15, -0.1) is 19.0 Å². The summed E-state index contributed by atoms with van der Waals surface area (Å²) in [4.78, 5) is 0. The highest BCUT2D eigenvalue weighted by Gasteiger charge is 2.14. The molecular formula is C12H17BrClNO2. The standard InChI is InChI=1S/C12H16BrNO2.ClH/c1-4-5-10(14)8-6-12(16-3)9(13)7-11(8)15-2;/h4,6-7,10H,1,5,14H2,2-3H3;1H/t10-;/m1./s1. The van der Waals surface area contributed by atoms with Crippen molar-refractivity contribution in [3.05, 3.63) is 34.8 Å². The Morgan fingerprint density at radius 1 is 1.35 bits per heavy atom. The van der Waals surface area contributed by atoms with Crippen LogP contribution in [0.4, 0.5) is 0 Å². The Morgan fingerprint density at radius 2 is 1.94 bits per heavy atom. The van der Waals surface area contributed by atoms with E-state index < -0.39 is 0 Å². The van der Waals surface area contributed by atoms with E-state index in [2.05, 4.69) is 22.5 Å². The van der Waals surface area contributed by atoms with E-state index in [4.69, 9.17) is 15.2 Å². The van der Waals surface area contributed by atoms with Crippen LogP contribution >= 0.6 is 28.3 Å². The topological polar surface area (TPSA) is 44.5 Å². The lowest BCUT2D eigenvalue weighted by Crippen LogP contribution is -2.11. The van der Waals surface area contributed by atoms with E-state index >= 15 is 0 Å². The molecule has 0 saturated heterocycles. The van der Waals surface area contributed by atoms with Gasteiger partial charge in [-0.2, -0.15) is 0 Å². The van der Waals surface area contributed by atoms with E-state index in [1.165, 1.54) is 0 Å². The van der Waals surface area contributed by atoms with Crippen LogP contribution in [0.3, 0.4) is 0 Å². The Kier molecular flexibility index (Phi) is 7.27. The van der Waals surface area contributed by atoms with Crippen molar-refractivity contribution in [3.63, 3.8) is 0 Å². The maximum Gasteiger partial charge on any atom is 0.133 e. The van der Waals surface area contributed by atoms with Gasteiger partial charge < -0.3 is 15.2 Å². The van der Waals surface area contributed by atoms with E-state index in [0.29, 0.717) is 6.42 Å². The molecule has 2 N–H and O–H groups in total. The summed E-state index contributed by atoms with van der Waals surface area (Å²) in [6.07, 6.45) is 2.49. The van der Waals surface area contributed by atoms with Crippen molar-refractivity contribution in [1.82, 2.24) is 0 Å². The summed E-state index contributed by atoms with van der Waals surface area (Å²) in [6, 6.07) is 3.61. The van der Waals surface area contributed by atoms with Crippen molar-refractivity contribution in [1.29, 1.82) is 0 Å². The summed E-state index contributed by atoms with van der Waals surface area (Å²) in [5.41, 5.74) is 6.95. The molecule has 5 heteroatoms. The molecule has 1 rings (SSSR count). The van der Waals surface area contributed by atoms with Gasteiger partial charge in [-0.1, -0.05) is 6.08 Å². The van der Waals surface area contributed by atoms with Crippen LogP contribution in [0.1, 0.15) is 18.0 Å². The van der Waals surface area contributed by atoms with Gasteiger partial charge in [0.2, 0.25) is 0 Å². The van der Waals surface area contributed by atoms with Crippen LogP contribution in [-0.4, -0.2) is 14.2 Å². The zero-order chi connectivity index (χ0) is 12.1. The maximum absolute atomic E-state index is 6.03. The molecule has 0 aromatic heterocycles. The first-order valence-electron chi connectivity index (χ1n) is 4.92. The van der Waals surface area contributed by atoms with Gasteiger partial charge in [-0.05, 0) is 34.5 Å². The van der Waals surface area contributed by atoms with Crippen molar-refractivity contribution in [3.8, 4) is 11.5 Å². The largest absolute Gasteiger partial charge is 0.496 e. The number of nitrogens with two attached hydrogens (primary N) is 1. The molecule has 0 saturated carbocycles. The molecular weight excluding hydrogens is 305 g/mol. The van der Waals surface area contributed by atoms with Crippen LogP contribution in [0.2, 0.25) is 0 Å². The zero-order valence-corrected chi connectivity index (χ0v) is 12.3. The number of ether oxygens (including phenoxy) is 2. The summed E-state index contributed by atoms with van der Waals surface area (Å²) in [5.74, 6) is 1.50. The molecule has 3 nitrogen and oxygen atoms in total. The maximum atomic E-state index is 6.03. The fourth-order valence-electron chi connectivity index (χ4n) is 1.48. The predicted molar refractivity (Wildman–Crippen MR) is 76.2 cm³/mol. The molecule has 0 amide bonds. The molecule has 1 atom stereocenters. The molecule has 0 bridgehead atoms. The fourth-order valence-corrected chi connectivity index (χ4v) is 1.96. The predicted octanol–water partition coefficient (Wildman–Crippen LogP) is 3.46. The minimum absolute atomic E-state index is 0. The average molecular weight is 323 g/mol. The van der Waals surface area contributed by atoms with E-state index in [1.807, 2.05) is 12.1 Å². The van der Waals surface area contributed by atoms with Crippen LogP contribution in [0.5, 0.6) is 11.5 Å². The number of halogens is 2. The fraction of sp³-hybridized carbons (Fsp3) is 0.333. The van der Waals surface area contributed by atoms with Crippen molar-refractivity contribution in [2.75, 3.05) is 14.2 Å². The van der Waals surface area contributed by atoms with Gasteiger partial charge in [-0.3, -0.25) is 0 Å². The Morgan fingerprint density at radius 3 is 2.41 bits per heavy atom. The number of hydrogen-bond acceptors (Lipinski definition) is 3. The Hall–Kier alpha value is -0.710. The third-order valence-corrected chi connectivity index (χ3v) is 2.94. The lowest BCUT2D eigenvalue weighted by molar-refractivity contribution is 0.393. The Labute approximate surface area is 117 Å². The summed E-state index contributed by atoms with van der Waals surface area (Å²) in [7, 11) is 3.24. The van der Waals surface area contributed by atoms with Crippen LogP contribution in [0.15, 0.2) is 29.3 Å². The first-order chi connectivity index (χ1) is 7.63. The van der Waals surface area contributed by atoms with Crippen molar-refractivity contribution in [2.24, 2.45) is 5.73 Å². The third kappa shape index (κ3) is 3.91. The van der Waals surface area contributed by atoms with Gasteiger partial charge in [-0.25, -0.2) is 0 Å². The highest BCUT2D eigenvalue weighted by atomic mass is 79.9. The zero-order valence-electron chi connectivity index (χ0n) is 9.90. The second-order valence-corrected chi connectivity index (χ2v) is 4.21. The number of benzene rings is 1. The lowest BCUT2D eigenvalue weighted by Gasteiger charge is -2.16. The summed E-state index contributed by atoms with van der Waals surface area (Å²) in [6.45, 7) is 3.68. The quantitative estimate of drug-likeness (QED) is 0.844. The van der Waals surface area contributed by atoms with Gasteiger partial charge in [0.1, 0.15) is 11.5 Å². The van der Waals surface area contributed by atoms with Gasteiger partial charge in [0.25, 0.3) is 0 Å². The number of hydrogen-bond donors (Lipinski definition) is 1. The van der Waals surface area contributed by atoms with Crippen molar-refractivity contribution in [2.45, 2.75) is 12.5 Å². The molecule has 0 aliphatic rings. The van der Waals surface area contributed by atoms with Gasteiger partial charge >= 0.3 is 0 Å². The summed E-state index contributed by atoms with van der Waals surface area (Å²) >= 11 is 3.40. The Bertz CT molecular complexity index is 385. The SMILES string of the molecule is C=CC[C@@H](N)c1cc(OC)c(Br)cc1OC.Cl. The molecule has 0 radical (unpaired) electrons. The summed E-state index contributed by atoms with van der Waals surface area (Å²) in [5, 5.41) is 0. The van der Waals surface area contributed by atoms with Gasteiger partial charge in [0, 0.05) is 11.6 Å². The number of rotatable bonds is 5. The third-order valence-electron chi connectivity index (χ3n) is 2.32. The van der Waals surface area contributed by atoms with Gasteiger partial charge in [0.15, 0.2) is 0 Å². The normalized spacial score (nSPS) is 11.3. The van der Waals surface area contributed by atoms with E-state index in [9.17, 15) is 0 Å². The Balaban J connectivity index is 0.00000256. The average Bonchev–Trinajstić information content (AvgIpc) is 2.28. The second-order valence-electron chi connectivity index (χ2n) is 3.36. The van der Waals surface area contributed by atoms with Crippen LogP contribution in [0, 0.1) is 0 Å². The van der Waals surface area contributed by atoms with Crippen molar-refractivity contribution < 1.29 is 9.47 Å². The minimum atomic E-state index is -0.130.